The molecule has 2 aliphatic heterocycles. The Morgan fingerprint density at radius 2 is 2.15 bits per heavy atom. The van der Waals surface area contributed by atoms with Gasteiger partial charge >= 0.3 is 0 Å². The van der Waals surface area contributed by atoms with Crippen molar-refractivity contribution >= 4 is 12.4 Å². The molecule has 2 rings (SSSR count). The van der Waals surface area contributed by atoms with Crippen molar-refractivity contribution in [1.29, 1.82) is 0 Å². The SMILES string of the molecule is CC1(C)COC(C2CCOC2)N1.Cl. The second-order valence-corrected chi connectivity index (χ2v) is 4.38. The van der Waals surface area contributed by atoms with Gasteiger partial charge in [-0.3, -0.25) is 5.32 Å². The van der Waals surface area contributed by atoms with Gasteiger partial charge in [-0.15, -0.1) is 12.4 Å². The van der Waals surface area contributed by atoms with Gasteiger partial charge in [-0.25, -0.2) is 0 Å². The van der Waals surface area contributed by atoms with Gasteiger partial charge in [-0.1, -0.05) is 0 Å². The van der Waals surface area contributed by atoms with Gasteiger partial charge in [0.1, 0.15) is 6.23 Å². The molecule has 1 N–H and O–H groups in total. The van der Waals surface area contributed by atoms with E-state index in [2.05, 4.69) is 19.2 Å². The predicted octanol–water partition coefficient (Wildman–Crippen LogP) is 1.17. The van der Waals surface area contributed by atoms with Crippen molar-refractivity contribution in [3.8, 4) is 0 Å². The molecule has 0 radical (unpaired) electrons. The van der Waals surface area contributed by atoms with Gasteiger partial charge in [0.2, 0.25) is 0 Å². The molecule has 2 saturated heterocycles. The highest BCUT2D eigenvalue weighted by Gasteiger charge is 2.36. The van der Waals surface area contributed by atoms with E-state index in [0.29, 0.717) is 5.92 Å². The first-order valence-electron chi connectivity index (χ1n) is 4.64. The summed E-state index contributed by atoms with van der Waals surface area (Å²) in [6.45, 7) is 6.90. The molecule has 78 valence electrons. The van der Waals surface area contributed by atoms with Crippen LogP contribution < -0.4 is 5.32 Å². The van der Waals surface area contributed by atoms with E-state index in [9.17, 15) is 0 Å². The van der Waals surface area contributed by atoms with Gasteiger partial charge in [0, 0.05) is 18.1 Å². The highest BCUT2D eigenvalue weighted by atomic mass is 35.5. The Morgan fingerprint density at radius 1 is 1.38 bits per heavy atom. The van der Waals surface area contributed by atoms with Crippen molar-refractivity contribution in [3.63, 3.8) is 0 Å². The number of halogens is 1. The van der Waals surface area contributed by atoms with E-state index in [0.717, 1.165) is 26.2 Å². The van der Waals surface area contributed by atoms with Gasteiger partial charge in [0.25, 0.3) is 0 Å². The topological polar surface area (TPSA) is 30.5 Å². The summed E-state index contributed by atoms with van der Waals surface area (Å²) < 4.78 is 11.0. The maximum atomic E-state index is 5.66. The van der Waals surface area contributed by atoms with E-state index in [-0.39, 0.29) is 24.2 Å². The summed E-state index contributed by atoms with van der Waals surface area (Å²) >= 11 is 0. The van der Waals surface area contributed by atoms with Crippen LogP contribution in [0.5, 0.6) is 0 Å². The number of nitrogens with one attached hydrogen (secondary N) is 1. The summed E-state index contributed by atoms with van der Waals surface area (Å²) in [7, 11) is 0. The second kappa shape index (κ2) is 4.13. The van der Waals surface area contributed by atoms with Crippen molar-refractivity contribution in [1.82, 2.24) is 5.32 Å². The largest absolute Gasteiger partial charge is 0.381 e. The fourth-order valence-electron chi connectivity index (χ4n) is 1.81. The third kappa shape index (κ3) is 2.56. The number of hydrogen-bond donors (Lipinski definition) is 1. The molecular weight excluding hydrogens is 190 g/mol. The molecule has 2 unspecified atom stereocenters. The van der Waals surface area contributed by atoms with Crippen LogP contribution in [-0.4, -0.2) is 31.6 Å². The molecule has 0 bridgehead atoms. The lowest BCUT2D eigenvalue weighted by Crippen LogP contribution is -2.42. The van der Waals surface area contributed by atoms with E-state index in [1.807, 2.05) is 0 Å². The second-order valence-electron chi connectivity index (χ2n) is 4.38. The van der Waals surface area contributed by atoms with E-state index in [1.54, 1.807) is 0 Å². The molecular formula is C9H18ClNO2. The highest BCUT2D eigenvalue weighted by molar-refractivity contribution is 5.85. The van der Waals surface area contributed by atoms with E-state index < -0.39 is 0 Å². The third-order valence-corrected chi connectivity index (χ3v) is 2.55. The number of ether oxygens (including phenoxy) is 2. The van der Waals surface area contributed by atoms with Crippen LogP contribution in [-0.2, 0) is 9.47 Å². The van der Waals surface area contributed by atoms with E-state index >= 15 is 0 Å². The molecule has 0 aromatic heterocycles. The van der Waals surface area contributed by atoms with Gasteiger partial charge in [0.05, 0.1) is 13.2 Å². The first-order valence-corrected chi connectivity index (χ1v) is 4.64. The molecule has 0 aromatic carbocycles. The smallest absolute Gasteiger partial charge is 0.113 e. The Labute approximate surface area is 85.6 Å². The molecule has 3 nitrogen and oxygen atoms in total. The van der Waals surface area contributed by atoms with Gasteiger partial charge in [-0.2, -0.15) is 0 Å². The van der Waals surface area contributed by atoms with Gasteiger partial charge in [-0.05, 0) is 20.3 Å². The molecule has 0 spiro atoms. The monoisotopic (exact) mass is 207 g/mol. The summed E-state index contributed by atoms with van der Waals surface area (Å²) in [6.07, 6.45) is 1.36. The Balaban J connectivity index is 0.000000845. The fourth-order valence-corrected chi connectivity index (χ4v) is 1.81. The maximum Gasteiger partial charge on any atom is 0.113 e. The molecule has 0 aliphatic carbocycles. The Bertz CT molecular complexity index is 169. The average Bonchev–Trinajstić information content (AvgIpc) is 2.55. The summed E-state index contributed by atoms with van der Waals surface area (Å²) in [5, 5.41) is 3.47. The molecule has 0 aromatic rings. The van der Waals surface area contributed by atoms with Crippen LogP contribution >= 0.6 is 12.4 Å². The van der Waals surface area contributed by atoms with Crippen molar-refractivity contribution in [2.24, 2.45) is 5.92 Å². The average molecular weight is 208 g/mol. The lowest BCUT2D eigenvalue weighted by atomic mass is 10.1. The van der Waals surface area contributed by atoms with Crippen molar-refractivity contribution in [3.05, 3.63) is 0 Å². The number of rotatable bonds is 1. The first kappa shape index (κ1) is 11.2. The van der Waals surface area contributed by atoms with Crippen LogP contribution in [0.1, 0.15) is 20.3 Å². The minimum atomic E-state index is 0. The van der Waals surface area contributed by atoms with Crippen molar-refractivity contribution in [2.75, 3.05) is 19.8 Å². The van der Waals surface area contributed by atoms with Crippen molar-refractivity contribution < 1.29 is 9.47 Å². The molecule has 2 fully saturated rings. The zero-order chi connectivity index (χ0) is 8.60. The molecule has 2 heterocycles. The summed E-state index contributed by atoms with van der Waals surface area (Å²) in [5.41, 5.74) is 0.146. The van der Waals surface area contributed by atoms with Crippen LogP contribution in [0.2, 0.25) is 0 Å². The van der Waals surface area contributed by atoms with Crippen molar-refractivity contribution in [2.45, 2.75) is 32.0 Å². The van der Waals surface area contributed by atoms with E-state index in [1.165, 1.54) is 0 Å². The zero-order valence-electron chi connectivity index (χ0n) is 8.21. The van der Waals surface area contributed by atoms with Gasteiger partial charge < -0.3 is 9.47 Å². The van der Waals surface area contributed by atoms with Gasteiger partial charge in [0.15, 0.2) is 0 Å². The molecule has 0 amide bonds. The fraction of sp³-hybridized carbons (Fsp3) is 1.00. The minimum Gasteiger partial charge on any atom is -0.381 e. The van der Waals surface area contributed by atoms with Crippen LogP contribution in [0.15, 0.2) is 0 Å². The zero-order valence-corrected chi connectivity index (χ0v) is 9.02. The third-order valence-electron chi connectivity index (χ3n) is 2.55. The lowest BCUT2D eigenvalue weighted by molar-refractivity contribution is 0.0448. The molecule has 13 heavy (non-hydrogen) atoms. The predicted molar refractivity (Wildman–Crippen MR) is 53.1 cm³/mol. The minimum absolute atomic E-state index is 0. The van der Waals surface area contributed by atoms with E-state index in [4.69, 9.17) is 9.47 Å². The highest BCUT2D eigenvalue weighted by Crippen LogP contribution is 2.24. The maximum absolute atomic E-state index is 5.66. The summed E-state index contributed by atoms with van der Waals surface area (Å²) in [4.78, 5) is 0. The normalized spacial score (nSPS) is 37.4. The Kier molecular flexibility index (Phi) is 3.57. The van der Waals surface area contributed by atoms with Crippen LogP contribution in [0.25, 0.3) is 0 Å². The molecule has 0 saturated carbocycles. The molecule has 4 heteroatoms. The summed E-state index contributed by atoms with van der Waals surface area (Å²) in [5.74, 6) is 0.562. The molecule has 2 aliphatic rings. The van der Waals surface area contributed by atoms with Crippen LogP contribution in [0.3, 0.4) is 0 Å². The standard InChI is InChI=1S/C9H17NO2.ClH/c1-9(2)6-12-8(10-9)7-3-4-11-5-7;/h7-8,10H,3-6H2,1-2H3;1H. The van der Waals surface area contributed by atoms with Crippen LogP contribution in [0.4, 0.5) is 0 Å². The lowest BCUT2D eigenvalue weighted by Gasteiger charge is -2.20. The quantitative estimate of drug-likeness (QED) is 0.700. The Morgan fingerprint density at radius 3 is 2.62 bits per heavy atom. The number of hydrogen-bond acceptors (Lipinski definition) is 3. The summed E-state index contributed by atoms with van der Waals surface area (Å²) in [6, 6.07) is 0. The first-order chi connectivity index (χ1) is 5.67. The Hall–Kier alpha value is 0.170. The molecule has 2 atom stereocenters. The van der Waals surface area contributed by atoms with Crippen LogP contribution in [0, 0.1) is 5.92 Å².